The topological polar surface area (TPSA) is 31.4 Å². The molecule has 1 fully saturated rings. The van der Waals surface area contributed by atoms with Crippen molar-refractivity contribution in [2.24, 2.45) is 0 Å². The van der Waals surface area contributed by atoms with Crippen LogP contribution in [0.15, 0.2) is 30.3 Å². The molecule has 3 rings (SSSR count). The van der Waals surface area contributed by atoms with Crippen molar-refractivity contribution < 1.29 is 9.47 Å². The standard InChI is InChI=1S/C13H12ClNO2/c14-12-5-3-9-8-10(2-4-11(9)15-12)13-16-6-1-7-17-13/h2-5,8,13H,1,6-7H2. The van der Waals surface area contributed by atoms with E-state index in [1.165, 1.54) is 0 Å². The van der Waals surface area contributed by atoms with Crippen molar-refractivity contribution >= 4 is 22.5 Å². The van der Waals surface area contributed by atoms with E-state index in [2.05, 4.69) is 4.98 Å². The van der Waals surface area contributed by atoms with Crippen LogP contribution in [0.1, 0.15) is 18.3 Å². The van der Waals surface area contributed by atoms with Crippen molar-refractivity contribution in [1.82, 2.24) is 4.98 Å². The molecule has 3 nitrogen and oxygen atoms in total. The first-order valence-corrected chi connectivity index (χ1v) is 6.00. The van der Waals surface area contributed by atoms with Gasteiger partial charge in [0.1, 0.15) is 5.15 Å². The SMILES string of the molecule is Clc1ccc2cc(C3OCCCO3)ccc2n1. The molecule has 0 N–H and O–H groups in total. The maximum Gasteiger partial charge on any atom is 0.183 e. The molecular weight excluding hydrogens is 238 g/mol. The van der Waals surface area contributed by atoms with Gasteiger partial charge in [0.25, 0.3) is 0 Å². The Balaban J connectivity index is 1.98. The first-order valence-electron chi connectivity index (χ1n) is 5.62. The second-order valence-electron chi connectivity index (χ2n) is 4.01. The van der Waals surface area contributed by atoms with Crippen LogP contribution in [-0.4, -0.2) is 18.2 Å². The summed E-state index contributed by atoms with van der Waals surface area (Å²) in [5.74, 6) is 0. The Hall–Kier alpha value is -1.16. The Morgan fingerprint density at radius 2 is 1.94 bits per heavy atom. The van der Waals surface area contributed by atoms with Crippen LogP contribution < -0.4 is 0 Å². The minimum absolute atomic E-state index is 0.246. The number of nitrogens with zero attached hydrogens (tertiary/aromatic N) is 1. The van der Waals surface area contributed by atoms with E-state index in [0.717, 1.165) is 36.1 Å². The minimum atomic E-state index is -0.246. The zero-order chi connectivity index (χ0) is 11.7. The molecule has 1 saturated heterocycles. The highest BCUT2D eigenvalue weighted by molar-refractivity contribution is 6.29. The van der Waals surface area contributed by atoms with Crippen LogP contribution in [0, 0.1) is 0 Å². The molecule has 2 heterocycles. The van der Waals surface area contributed by atoms with E-state index in [9.17, 15) is 0 Å². The highest BCUT2D eigenvalue weighted by Crippen LogP contribution is 2.26. The molecule has 1 aliphatic heterocycles. The van der Waals surface area contributed by atoms with Gasteiger partial charge < -0.3 is 9.47 Å². The number of ether oxygens (including phenoxy) is 2. The summed E-state index contributed by atoms with van der Waals surface area (Å²) >= 11 is 5.85. The third kappa shape index (κ3) is 2.27. The molecule has 1 aliphatic rings. The van der Waals surface area contributed by atoms with Gasteiger partial charge in [-0.15, -0.1) is 0 Å². The fourth-order valence-corrected chi connectivity index (χ4v) is 2.10. The number of benzene rings is 1. The zero-order valence-electron chi connectivity index (χ0n) is 9.23. The van der Waals surface area contributed by atoms with Crippen LogP contribution in [-0.2, 0) is 9.47 Å². The Morgan fingerprint density at radius 1 is 1.12 bits per heavy atom. The number of aromatic nitrogens is 1. The lowest BCUT2D eigenvalue weighted by atomic mass is 10.1. The maximum atomic E-state index is 5.85. The predicted octanol–water partition coefficient (Wildman–Crippen LogP) is 3.32. The van der Waals surface area contributed by atoms with E-state index in [1.807, 2.05) is 24.3 Å². The normalized spacial score (nSPS) is 17.5. The average molecular weight is 250 g/mol. The number of pyridine rings is 1. The zero-order valence-corrected chi connectivity index (χ0v) is 9.98. The molecule has 0 spiro atoms. The van der Waals surface area contributed by atoms with E-state index in [0.29, 0.717) is 5.15 Å². The first kappa shape index (κ1) is 11.0. The van der Waals surface area contributed by atoms with Gasteiger partial charge in [0.2, 0.25) is 0 Å². The molecule has 0 radical (unpaired) electrons. The van der Waals surface area contributed by atoms with Crippen LogP contribution in [0.25, 0.3) is 10.9 Å². The van der Waals surface area contributed by atoms with Crippen molar-refractivity contribution in [2.45, 2.75) is 12.7 Å². The quantitative estimate of drug-likeness (QED) is 0.727. The lowest BCUT2D eigenvalue weighted by Crippen LogP contribution is -2.17. The molecule has 1 aromatic carbocycles. The number of rotatable bonds is 1. The summed E-state index contributed by atoms with van der Waals surface area (Å²) in [6.07, 6.45) is 0.713. The lowest BCUT2D eigenvalue weighted by Gasteiger charge is -2.23. The molecule has 0 atom stereocenters. The minimum Gasteiger partial charge on any atom is -0.348 e. The molecule has 88 valence electrons. The van der Waals surface area contributed by atoms with Gasteiger partial charge >= 0.3 is 0 Å². The first-order chi connectivity index (χ1) is 8.33. The summed E-state index contributed by atoms with van der Waals surface area (Å²) in [7, 11) is 0. The Bertz CT molecular complexity index is 538. The van der Waals surface area contributed by atoms with Crippen LogP contribution in [0.4, 0.5) is 0 Å². The third-order valence-corrected chi connectivity index (χ3v) is 2.99. The molecular formula is C13H12ClNO2. The van der Waals surface area contributed by atoms with Gasteiger partial charge in [-0.1, -0.05) is 17.7 Å². The Labute approximate surface area is 104 Å². The summed E-state index contributed by atoms with van der Waals surface area (Å²) < 4.78 is 11.1. The Morgan fingerprint density at radius 3 is 2.76 bits per heavy atom. The van der Waals surface area contributed by atoms with Gasteiger partial charge in [0.05, 0.1) is 18.7 Å². The monoisotopic (exact) mass is 249 g/mol. The highest BCUT2D eigenvalue weighted by Gasteiger charge is 2.16. The lowest BCUT2D eigenvalue weighted by molar-refractivity contribution is -0.182. The number of halogens is 1. The van der Waals surface area contributed by atoms with E-state index < -0.39 is 0 Å². The smallest absolute Gasteiger partial charge is 0.183 e. The maximum absolute atomic E-state index is 5.85. The molecule has 1 aromatic heterocycles. The number of fused-ring (bicyclic) bond motifs is 1. The molecule has 0 unspecified atom stereocenters. The molecule has 4 heteroatoms. The van der Waals surface area contributed by atoms with E-state index in [1.54, 1.807) is 6.07 Å². The van der Waals surface area contributed by atoms with Gasteiger partial charge in [-0.05, 0) is 30.7 Å². The largest absolute Gasteiger partial charge is 0.348 e. The van der Waals surface area contributed by atoms with Crippen LogP contribution in [0.2, 0.25) is 5.15 Å². The average Bonchev–Trinajstić information content (AvgIpc) is 2.39. The highest BCUT2D eigenvalue weighted by atomic mass is 35.5. The number of hydrogen-bond acceptors (Lipinski definition) is 3. The van der Waals surface area contributed by atoms with Crippen molar-refractivity contribution in [1.29, 1.82) is 0 Å². The fraction of sp³-hybridized carbons (Fsp3) is 0.308. The van der Waals surface area contributed by atoms with Crippen LogP contribution in [0.5, 0.6) is 0 Å². The van der Waals surface area contributed by atoms with Gasteiger partial charge in [-0.3, -0.25) is 0 Å². The van der Waals surface area contributed by atoms with Crippen LogP contribution >= 0.6 is 11.6 Å². The van der Waals surface area contributed by atoms with Crippen molar-refractivity contribution in [3.8, 4) is 0 Å². The molecule has 17 heavy (non-hydrogen) atoms. The van der Waals surface area contributed by atoms with Crippen LogP contribution in [0.3, 0.4) is 0 Å². The molecule has 0 saturated carbocycles. The molecule has 2 aromatic rings. The summed E-state index contributed by atoms with van der Waals surface area (Å²) in [5, 5.41) is 1.56. The Kier molecular flexibility index (Phi) is 2.97. The summed E-state index contributed by atoms with van der Waals surface area (Å²) in [6, 6.07) is 9.70. The van der Waals surface area contributed by atoms with Gasteiger partial charge in [-0.25, -0.2) is 4.98 Å². The molecule has 0 amide bonds. The van der Waals surface area contributed by atoms with E-state index >= 15 is 0 Å². The fourth-order valence-electron chi connectivity index (χ4n) is 1.95. The molecule has 0 bridgehead atoms. The summed E-state index contributed by atoms with van der Waals surface area (Å²) in [6.45, 7) is 1.50. The van der Waals surface area contributed by atoms with Crippen molar-refractivity contribution in [2.75, 3.05) is 13.2 Å². The summed E-state index contributed by atoms with van der Waals surface area (Å²) in [5.41, 5.74) is 1.92. The predicted molar refractivity (Wildman–Crippen MR) is 66.0 cm³/mol. The van der Waals surface area contributed by atoms with E-state index in [4.69, 9.17) is 21.1 Å². The second-order valence-corrected chi connectivity index (χ2v) is 4.40. The number of hydrogen-bond donors (Lipinski definition) is 0. The third-order valence-electron chi connectivity index (χ3n) is 2.78. The van der Waals surface area contributed by atoms with Gasteiger partial charge in [0.15, 0.2) is 6.29 Å². The van der Waals surface area contributed by atoms with Gasteiger partial charge in [-0.2, -0.15) is 0 Å². The van der Waals surface area contributed by atoms with E-state index in [-0.39, 0.29) is 6.29 Å². The second kappa shape index (κ2) is 4.61. The van der Waals surface area contributed by atoms with Gasteiger partial charge in [0, 0.05) is 10.9 Å². The van der Waals surface area contributed by atoms with Crippen molar-refractivity contribution in [3.63, 3.8) is 0 Å². The summed E-state index contributed by atoms with van der Waals surface area (Å²) in [4.78, 5) is 4.25. The van der Waals surface area contributed by atoms with Crippen molar-refractivity contribution in [3.05, 3.63) is 41.0 Å². The molecule has 0 aliphatic carbocycles.